The van der Waals surface area contributed by atoms with Crippen molar-refractivity contribution in [3.05, 3.63) is 82.6 Å². The Morgan fingerprint density at radius 3 is 2.40 bits per heavy atom. The molecule has 25 heavy (non-hydrogen) atoms. The maximum absolute atomic E-state index is 12.3. The Balaban J connectivity index is 1.57. The Morgan fingerprint density at radius 1 is 1.04 bits per heavy atom. The van der Waals surface area contributed by atoms with E-state index in [1.165, 1.54) is 0 Å². The Morgan fingerprint density at radius 2 is 1.76 bits per heavy atom. The van der Waals surface area contributed by atoms with Crippen LogP contribution in [-0.4, -0.2) is 19.6 Å². The minimum Gasteiger partial charge on any atom is -0.457 e. The Bertz CT molecular complexity index is 786. The predicted molar refractivity (Wildman–Crippen MR) is 99.4 cm³/mol. The number of thiophene rings is 1. The number of hydrogen-bond acceptors (Lipinski definition) is 4. The van der Waals surface area contributed by atoms with Gasteiger partial charge >= 0.3 is 0 Å². The molecule has 1 aromatic heterocycles. The maximum Gasteiger partial charge on any atom is 0.251 e. The van der Waals surface area contributed by atoms with Crippen molar-refractivity contribution in [1.29, 1.82) is 0 Å². The zero-order valence-corrected chi connectivity index (χ0v) is 14.7. The Labute approximate surface area is 151 Å². The van der Waals surface area contributed by atoms with Gasteiger partial charge in [0.15, 0.2) is 0 Å². The number of para-hydroxylation sites is 1. The largest absolute Gasteiger partial charge is 0.457 e. The lowest BCUT2D eigenvalue weighted by Crippen LogP contribution is -2.28. The van der Waals surface area contributed by atoms with Gasteiger partial charge in [-0.1, -0.05) is 18.2 Å². The number of hydrogen-bond donors (Lipinski definition) is 1. The fourth-order valence-corrected chi connectivity index (χ4v) is 3.08. The third-order valence-electron chi connectivity index (χ3n) is 3.74. The van der Waals surface area contributed by atoms with Crippen LogP contribution in [-0.2, 0) is 4.74 Å². The zero-order valence-electron chi connectivity index (χ0n) is 13.8. The van der Waals surface area contributed by atoms with Crippen molar-refractivity contribution < 1.29 is 14.3 Å². The molecule has 0 aliphatic carbocycles. The number of carbonyl (C=O) groups excluding carboxylic acids is 1. The van der Waals surface area contributed by atoms with Crippen LogP contribution in [0.25, 0.3) is 0 Å². The van der Waals surface area contributed by atoms with E-state index in [0.717, 1.165) is 11.3 Å². The van der Waals surface area contributed by atoms with Gasteiger partial charge in [-0.05, 0) is 58.8 Å². The van der Waals surface area contributed by atoms with Crippen molar-refractivity contribution >= 4 is 17.2 Å². The Kier molecular flexibility index (Phi) is 5.82. The molecule has 4 nitrogen and oxygen atoms in total. The van der Waals surface area contributed by atoms with Crippen molar-refractivity contribution in [2.24, 2.45) is 0 Å². The number of ether oxygens (including phenoxy) is 2. The standard InChI is InChI=1S/C20H19NO3S/c1-23-19(16-11-12-25-14-16)13-21-20(22)15-7-9-18(10-8-15)24-17-5-3-2-4-6-17/h2-12,14,19H,13H2,1H3,(H,21,22). The number of carbonyl (C=O) groups is 1. The van der Waals surface area contributed by atoms with E-state index in [2.05, 4.69) is 5.32 Å². The lowest BCUT2D eigenvalue weighted by molar-refractivity contribution is 0.0829. The van der Waals surface area contributed by atoms with Crippen molar-refractivity contribution in [2.45, 2.75) is 6.10 Å². The summed E-state index contributed by atoms with van der Waals surface area (Å²) < 4.78 is 11.2. The summed E-state index contributed by atoms with van der Waals surface area (Å²) in [7, 11) is 1.64. The normalized spacial score (nSPS) is 11.7. The van der Waals surface area contributed by atoms with Gasteiger partial charge in [-0.2, -0.15) is 11.3 Å². The van der Waals surface area contributed by atoms with E-state index < -0.39 is 0 Å². The molecular weight excluding hydrogens is 334 g/mol. The molecule has 1 unspecified atom stereocenters. The van der Waals surface area contributed by atoms with Gasteiger partial charge in [-0.3, -0.25) is 4.79 Å². The lowest BCUT2D eigenvalue weighted by Gasteiger charge is -2.15. The molecule has 1 heterocycles. The van der Waals surface area contributed by atoms with Crippen molar-refractivity contribution in [1.82, 2.24) is 5.32 Å². The lowest BCUT2D eigenvalue weighted by atomic mass is 10.1. The van der Waals surface area contributed by atoms with E-state index in [0.29, 0.717) is 17.9 Å². The number of methoxy groups -OCH3 is 1. The topological polar surface area (TPSA) is 47.6 Å². The first-order valence-corrected chi connectivity index (χ1v) is 8.86. The minimum atomic E-state index is -0.143. The molecule has 0 spiro atoms. The summed E-state index contributed by atoms with van der Waals surface area (Å²) in [6, 6.07) is 18.6. The van der Waals surface area contributed by atoms with Gasteiger partial charge in [0.05, 0.1) is 0 Å². The summed E-state index contributed by atoms with van der Waals surface area (Å²) >= 11 is 1.61. The van der Waals surface area contributed by atoms with E-state index in [4.69, 9.17) is 9.47 Å². The minimum absolute atomic E-state index is 0.136. The second-order valence-electron chi connectivity index (χ2n) is 5.43. The molecule has 3 rings (SSSR count). The van der Waals surface area contributed by atoms with E-state index in [9.17, 15) is 4.79 Å². The van der Waals surface area contributed by atoms with E-state index in [-0.39, 0.29) is 12.0 Å². The molecule has 1 N–H and O–H groups in total. The van der Waals surface area contributed by atoms with E-state index >= 15 is 0 Å². The van der Waals surface area contributed by atoms with E-state index in [1.54, 1.807) is 42.7 Å². The fourth-order valence-electron chi connectivity index (χ4n) is 2.38. The quantitative estimate of drug-likeness (QED) is 0.672. The average Bonchev–Trinajstić information content (AvgIpc) is 3.18. The van der Waals surface area contributed by atoms with Crippen molar-refractivity contribution in [3.8, 4) is 11.5 Å². The zero-order chi connectivity index (χ0) is 17.5. The predicted octanol–water partition coefficient (Wildman–Crippen LogP) is 4.66. The molecule has 1 amide bonds. The average molecular weight is 353 g/mol. The van der Waals surface area contributed by atoms with Crippen LogP contribution in [0.1, 0.15) is 22.0 Å². The monoisotopic (exact) mass is 353 g/mol. The summed E-state index contributed by atoms with van der Waals surface area (Å²) in [5, 5.41) is 6.93. The van der Waals surface area contributed by atoms with Crippen LogP contribution in [0.2, 0.25) is 0 Å². The van der Waals surface area contributed by atoms with Crippen LogP contribution in [0.3, 0.4) is 0 Å². The molecule has 2 aromatic carbocycles. The molecule has 0 aliphatic rings. The molecule has 0 aliphatic heterocycles. The SMILES string of the molecule is COC(CNC(=O)c1ccc(Oc2ccccc2)cc1)c1ccsc1. The van der Waals surface area contributed by atoms with Gasteiger partial charge < -0.3 is 14.8 Å². The third kappa shape index (κ3) is 4.68. The molecule has 5 heteroatoms. The highest BCUT2D eigenvalue weighted by molar-refractivity contribution is 7.07. The summed E-state index contributed by atoms with van der Waals surface area (Å²) in [5.41, 5.74) is 1.65. The molecule has 0 saturated heterocycles. The van der Waals surface area contributed by atoms with Crippen LogP contribution in [0.4, 0.5) is 0 Å². The fraction of sp³-hybridized carbons (Fsp3) is 0.150. The van der Waals surface area contributed by atoms with Gasteiger partial charge in [0, 0.05) is 19.2 Å². The van der Waals surface area contributed by atoms with Gasteiger partial charge in [0.2, 0.25) is 0 Å². The highest BCUT2D eigenvalue weighted by Crippen LogP contribution is 2.21. The van der Waals surface area contributed by atoms with Crippen molar-refractivity contribution in [2.75, 3.05) is 13.7 Å². The van der Waals surface area contributed by atoms with Gasteiger partial charge in [-0.15, -0.1) is 0 Å². The molecule has 1 atom stereocenters. The van der Waals surface area contributed by atoms with E-state index in [1.807, 2.05) is 47.2 Å². The summed E-state index contributed by atoms with van der Waals surface area (Å²) in [6.45, 7) is 0.425. The maximum atomic E-state index is 12.3. The second-order valence-corrected chi connectivity index (χ2v) is 6.21. The van der Waals surface area contributed by atoms with Crippen LogP contribution in [0, 0.1) is 0 Å². The van der Waals surface area contributed by atoms with Crippen LogP contribution < -0.4 is 10.1 Å². The Hall–Kier alpha value is -2.63. The molecule has 128 valence electrons. The summed E-state index contributed by atoms with van der Waals surface area (Å²) in [5.74, 6) is 1.32. The van der Waals surface area contributed by atoms with Crippen LogP contribution in [0.5, 0.6) is 11.5 Å². The smallest absolute Gasteiger partial charge is 0.251 e. The second kappa shape index (κ2) is 8.46. The number of benzene rings is 2. The molecule has 0 saturated carbocycles. The summed E-state index contributed by atoms with van der Waals surface area (Å²) in [6.07, 6.45) is -0.143. The number of rotatable bonds is 7. The highest BCUT2D eigenvalue weighted by Gasteiger charge is 2.13. The van der Waals surface area contributed by atoms with Crippen LogP contribution in [0.15, 0.2) is 71.4 Å². The first-order chi connectivity index (χ1) is 12.3. The van der Waals surface area contributed by atoms with Gasteiger partial charge in [-0.25, -0.2) is 0 Å². The van der Waals surface area contributed by atoms with Gasteiger partial charge in [0.25, 0.3) is 5.91 Å². The first kappa shape index (κ1) is 17.2. The number of nitrogens with one attached hydrogen (secondary N) is 1. The first-order valence-electron chi connectivity index (χ1n) is 7.92. The molecule has 0 bridgehead atoms. The third-order valence-corrected chi connectivity index (χ3v) is 4.44. The molecular formula is C20H19NO3S. The van der Waals surface area contributed by atoms with Gasteiger partial charge in [0.1, 0.15) is 17.6 Å². The highest BCUT2D eigenvalue weighted by atomic mass is 32.1. The van der Waals surface area contributed by atoms with Crippen LogP contribution >= 0.6 is 11.3 Å². The molecule has 3 aromatic rings. The molecule has 0 fully saturated rings. The summed E-state index contributed by atoms with van der Waals surface area (Å²) in [4.78, 5) is 12.3. The van der Waals surface area contributed by atoms with Crippen molar-refractivity contribution in [3.63, 3.8) is 0 Å². The molecule has 0 radical (unpaired) electrons. The number of amides is 1.